The van der Waals surface area contributed by atoms with Gasteiger partial charge in [-0.05, 0) is 45.7 Å². The fraction of sp³-hybridized carbons (Fsp3) is 0.812. The number of hydrogen-bond acceptors (Lipinski definition) is 3. The minimum absolute atomic E-state index is 0.487. The lowest BCUT2D eigenvalue weighted by molar-refractivity contribution is 0.141. The monoisotopic (exact) mass is 281 g/mol. The molecule has 0 bridgehead atoms. The molecular weight excluding hydrogens is 250 g/mol. The molecule has 0 spiro atoms. The van der Waals surface area contributed by atoms with E-state index in [0.717, 1.165) is 45.3 Å². The van der Waals surface area contributed by atoms with Gasteiger partial charge in [-0.25, -0.2) is 0 Å². The summed E-state index contributed by atoms with van der Waals surface area (Å²) >= 11 is 0. The smallest absolute Gasteiger partial charge is 0.0640 e. The van der Waals surface area contributed by atoms with E-state index >= 15 is 0 Å². The van der Waals surface area contributed by atoms with Gasteiger partial charge in [0.05, 0.1) is 11.7 Å². The maximum Gasteiger partial charge on any atom is 0.0640 e. The first-order valence-corrected chi connectivity index (χ1v) is 8.04. The second-order valence-corrected chi connectivity index (χ2v) is 5.29. The van der Waals surface area contributed by atoms with Crippen LogP contribution in [0.15, 0.2) is 12.3 Å². The van der Waals surface area contributed by atoms with Crippen LogP contribution in [-0.4, -0.2) is 36.1 Å². The first-order valence-electron chi connectivity index (χ1n) is 8.04. The third-order valence-corrected chi connectivity index (χ3v) is 3.89. The van der Waals surface area contributed by atoms with Crippen molar-refractivity contribution in [2.45, 2.75) is 65.0 Å². The average Bonchev–Trinajstić information content (AvgIpc) is 2.92. The molecule has 20 heavy (non-hydrogen) atoms. The van der Waals surface area contributed by atoms with E-state index in [2.05, 4.69) is 36.1 Å². The molecule has 1 aromatic rings. The SMILES string of the molecule is CCOCCCC(Cc1ccn(C(CC)CC)n1)NC. The van der Waals surface area contributed by atoms with Crippen LogP contribution in [0.5, 0.6) is 0 Å². The van der Waals surface area contributed by atoms with Crippen LogP contribution in [0.25, 0.3) is 0 Å². The first-order chi connectivity index (χ1) is 9.74. The highest BCUT2D eigenvalue weighted by Crippen LogP contribution is 2.15. The van der Waals surface area contributed by atoms with Crippen LogP contribution in [0.3, 0.4) is 0 Å². The fourth-order valence-electron chi connectivity index (χ4n) is 2.53. The van der Waals surface area contributed by atoms with E-state index < -0.39 is 0 Å². The van der Waals surface area contributed by atoms with Crippen LogP contribution >= 0.6 is 0 Å². The van der Waals surface area contributed by atoms with Gasteiger partial charge in [-0.1, -0.05) is 13.8 Å². The minimum Gasteiger partial charge on any atom is -0.382 e. The number of rotatable bonds is 11. The van der Waals surface area contributed by atoms with Crippen LogP contribution < -0.4 is 5.32 Å². The summed E-state index contributed by atoms with van der Waals surface area (Å²) in [5.41, 5.74) is 1.19. The molecule has 4 heteroatoms. The van der Waals surface area contributed by atoms with Gasteiger partial charge in [-0.3, -0.25) is 4.68 Å². The molecule has 0 saturated heterocycles. The zero-order chi connectivity index (χ0) is 14.8. The summed E-state index contributed by atoms with van der Waals surface area (Å²) in [4.78, 5) is 0. The zero-order valence-corrected chi connectivity index (χ0v) is 13.6. The lowest BCUT2D eigenvalue weighted by Crippen LogP contribution is -2.28. The van der Waals surface area contributed by atoms with Crippen LogP contribution in [0.1, 0.15) is 58.2 Å². The van der Waals surface area contributed by atoms with Gasteiger partial charge in [0.15, 0.2) is 0 Å². The Labute approximate surface area is 123 Å². The second-order valence-electron chi connectivity index (χ2n) is 5.29. The zero-order valence-electron chi connectivity index (χ0n) is 13.6. The minimum atomic E-state index is 0.487. The van der Waals surface area contributed by atoms with E-state index in [4.69, 9.17) is 9.84 Å². The standard InChI is InChI=1S/C16H31N3O/c1-5-16(6-2)19-11-10-15(18-19)13-14(17-4)9-8-12-20-7-3/h10-11,14,16-17H,5-9,12-13H2,1-4H3. The van der Waals surface area contributed by atoms with Crippen molar-refractivity contribution in [3.05, 3.63) is 18.0 Å². The Bertz CT molecular complexity index is 347. The Kier molecular flexibility index (Phi) is 8.54. The number of likely N-dealkylation sites (N-methyl/N-ethyl adjacent to an activating group) is 1. The molecule has 0 aromatic carbocycles. The fourth-order valence-corrected chi connectivity index (χ4v) is 2.53. The summed E-state index contributed by atoms with van der Waals surface area (Å²) in [6.07, 6.45) is 7.64. The molecule has 1 unspecified atom stereocenters. The van der Waals surface area contributed by atoms with Gasteiger partial charge < -0.3 is 10.1 Å². The van der Waals surface area contributed by atoms with Crippen LogP contribution in [-0.2, 0) is 11.2 Å². The number of ether oxygens (including phenoxy) is 1. The lowest BCUT2D eigenvalue weighted by atomic mass is 10.1. The van der Waals surface area contributed by atoms with E-state index in [1.165, 1.54) is 5.69 Å². The molecule has 1 N–H and O–H groups in total. The van der Waals surface area contributed by atoms with Gasteiger partial charge in [0.25, 0.3) is 0 Å². The Morgan fingerprint density at radius 3 is 2.65 bits per heavy atom. The topological polar surface area (TPSA) is 39.1 Å². The average molecular weight is 281 g/mol. The maximum atomic E-state index is 5.40. The Morgan fingerprint density at radius 2 is 2.05 bits per heavy atom. The van der Waals surface area contributed by atoms with E-state index in [1.54, 1.807) is 0 Å². The third kappa shape index (κ3) is 5.63. The summed E-state index contributed by atoms with van der Waals surface area (Å²) < 4.78 is 7.52. The Hall–Kier alpha value is -0.870. The third-order valence-electron chi connectivity index (χ3n) is 3.89. The van der Waals surface area contributed by atoms with Crippen molar-refractivity contribution in [2.24, 2.45) is 0 Å². The predicted octanol–water partition coefficient (Wildman–Crippen LogP) is 3.19. The molecule has 0 saturated carbocycles. The van der Waals surface area contributed by atoms with Gasteiger partial charge >= 0.3 is 0 Å². The van der Waals surface area contributed by atoms with Crippen LogP contribution in [0.2, 0.25) is 0 Å². The van der Waals surface area contributed by atoms with E-state index in [1.807, 2.05) is 14.0 Å². The van der Waals surface area contributed by atoms with Crippen molar-refractivity contribution in [1.29, 1.82) is 0 Å². The molecular formula is C16H31N3O. The molecule has 1 rings (SSSR count). The molecule has 0 fully saturated rings. The quantitative estimate of drug-likeness (QED) is 0.633. The molecule has 0 aliphatic carbocycles. The Morgan fingerprint density at radius 1 is 1.30 bits per heavy atom. The van der Waals surface area contributed by atoms with Crippen molar-refractivity contribution in [1.82, 2.24) is 15.1 Å². The van der Waals surface area contributed by atoms with Crippen molar-refractivity contribution in [3.8, 4) is 0 Å². The molecule has 1 aromatic heterocycles. The maximum absolute atomic E-state index is 5.40. The molecule has 0 aliphatic rings. The largest absolute Gasteiger partial charge is 0.382 e. The predicted molar refractivity (Wildman–Crippen MR) is 84.1 cm³/mol. The van der Waals surface area contributed by atoms with Crippen LogP contribution in [0, 0.1) is 0 Å². The van der Waals surface area contributed by atoms with Gasteiger partial charge in [0.2, 0.25) is 0 Å². The van der Waals surface area contributed by atoms with Gasteiger partial charge in [0, 0.05) is 31.9 Å². The Balaban J connectivity index is 2.44. The lowest BCUT2D eigenvalue weighted by Gasteiger charge is -2.15. The molecule has 0 amide bonds. The van der Waals surface area contributed by atoms with Crippen molar-refractivity contribution in [2.75, 3.05) is 20.3 Å². The van der Waals surface area contributed by atoms with Crippen LogP contribution in [0.4, 0.5) is 0 Å². The first kappa shape index (κ1) is 17.2. The van der Waals surface area contributed by atoms with Crippen molar-refractivity contribution in [3.63, 3.8) is 0 Å². The summed E-state index contributed by atoms with van der Waals surface area (Å²) in [6, 6.07) is 3.18. The summed E-state index contributed by atoms with van der Waals surface area (Å²) in [5.74, 6) is 0. The number of nitrogens with zero attached hydrogens (tertiary/aromatic N) is 2. The molecule has 0 radical (unpaired) electrons. The number of nitrogens with one attached hydrogen (secondary N) is 1. The van der Waals surface area contributed by atoms with Gasteiger partial charge in [-0.2, -0.15) is 5.10 Å². The van der Waals surface area contributed by atoms with Crippen molar-refractivity contribution >= 4 is 0 Å². The summed E-state index contributed by atoms with van der Waals surface area (Å²) in [5, 5.41) is 8.12. The number of hydrogen-bond donors (Lipinski definition) is 1. The second kappa shape index (κ2) is 9.94. The molecule has 1 atom stereocenters. The highest BCUT2D eigenvalue weighted by molar-refractivity contribution is 5.02. The van der Waals surface area contributed by atoms with Gasteiger partial charge in [-0.15, -0.1) is 0 Å². The van der Waals surface area contributed by atoms with E-state index in [0.29, 0.717) is 12.1 Å². The number of aromatic nitrogens is 2. The molecule has 0 aliphatic heterocycles. The summed E-state index contributed by atoms with van der Waals surface area (Å²) in [7, 11) is 2.03. The highest BCUT2D eigenvalue weighted by Gasteiger charge is 2.12. The molecule has 116 valence electrons. The molecule has 4 nitrogen and oxygen atoms in total. The van der Waals surface area contributed by atoms with Crippen molar-refractivity contribution < 1.29 is 4.74 Å². The normalized spacial score (nSPS) is 13.1. The summed E-state index contributed by atoms with van der Waals surface area (Å²) in [6.45, 7) is 8.15. The van der Waals surface area contributed by atoms with Gasteiger partial charge in [0.1, 0.15) is 0 Å². The van der Waals surface area contributed by atoms with E-state index in [9.17, 15) is 0 Å². The molecule has 1 heterocycles. The highest BCUT2D eigenvalue weighted by atomic mass is 16.5. The van der Waals surface area contributed by atoms with E-state index in [-0.39, 0.29) is 0 Å².